The van der Waals surface area contributed by atoms with E-state index >= 15 is 0 Å². The average molecular weight is 390 g/mol. The van der Waals surface area contributed by atoms with Crippen molar-refractivity contribution in [2.24, 2.45) is 0 Å². The third-order valence-electron chi connectivity index (χ3n) is 3.42. The number of thioether (sulfide) groups is 1. The van der Waals surface area contributed by atoms with Crippen molar-refractivity contribution in [2.45, 2.75) is 19.0 Å². The zero-order chi connectivity index (χ0) is 18.6. The van der Waals surface area contributed by atoms with E-state index in [0.29, 0.717) is 10.9 Å². The summed E-state index contributed by atoms with van der Waals surface area (Å²) in [6, 6.07) is 14.5. The summed E-state index contributed by atoms with van der Waals surface area (Å²) in [7, 11) is -3.68. The number of aromatic nitrogens is 4. The summed E-state index contributed by atoms with van der Waals surface area (Å²) in [5.74, 6) is 0.435. The van der Waals surface area contributed by atoms with Gasteiger partial charge in [-0.2, -0.15) is 13.1 Å². The highest BCUT2D eigenvalue weighted by Gasteiger charge is 2.15. The highest BCUT2D eigenvalue weighted by molar-refractivity contribution is 8.00. The maximum Gasteiger partial charge on any atom is 0.310 e. The number of para-hydroxylation sites is 1. The van der Waals surface area contributed by atoms with E-state index in [1.165, 1.54) is 11.8 Å². The average Bonchev–Trinajstić information content (AvgIpc) is 3.03. The summed E-state index contributed by atoms with van der Waals surface area (Å²) in [5, 5.41) is 12.2. The van der Waals surface area contributed by atoms with Crippen LogP contribution in [0.2, 0.25) is 0 Å². The first-order valence-corrected chi connectivity index (χ1v) is 10.5. The third-order valence-corrected chi connectivity index (χ3v) is 5.75. The first-order valence-electron chi connectivity index (χ1n) is 7.90. The smallest absolute Gasteiger partial charge is 0.310 e. The van der Waals surface area contributed by atoms with Crippen molar-refractivity contribution in [3.05, 3.63) is 59.7 Å². The van der Waals surface area contributed by atoms with Gasteiger partial charge in [-0.15, -0.1) is 5.10 Å². The number of tetrazole rings is 1. The van der Waals surface area contributed by atoms with Gasteiger partial charge in [-0.1, -0.05) is 36.0 Å². The van der Waals surface area contributed by atoms with E-state index in [1.54, 1.807) is 35.0 Å². The molecule has 0 aliphatic rings. The lowest BCUT2D eigenvalue weighted by Crippen LogP contribution is -2.15. The normalized spacial score (nSPS) is 11.5. The van der Waals surface area contributed by atoms with Crippen molar-refractivity contribution in [2.75, 3.05) is 11.5 Å². The SMILES string of the molecule is Cc1cc(C)cc(-n2nnnc2SCCS(=O)(=O)Oc2ccccc2)c1. The molecular weight excluding hydrogens is 372 g/mol. The van der Waals surface area contributed by atoms with E-state index in [9.17, 15) is 8.42 Å². The van der Waals surface area contributed by atoms with Gasteiger partial charge in [0.05, 0.1) is 11.4 Å². The molecule has 0 aliphatic heterocycles. The number of hydrogen-bond acceptors (Lipinski definition) is 7. The Kier molecular flexibility index (Phi) is 5.58. The van der Waals surface area contributed by atoms with Crippen LogP contribution >= 0.6 is 11.8 Å². The molecule has 136 valence electrons. The molecule has 1 heterocycles. The highest BCUT2D eigenvalue weighted by Crippen LogP contribution is 2.21. The van der Waals surface area contributed by atoms with Gasteiger partial charge < -0.3 is 4.18 Å². The zero-order valence-electron chi connectivity index (χ0n) is 14.4. The summed E-state index contributed by atoms with van der Waals surface area (Å²) in [6.45, 7) is 4.00. The quantitative estimate of drug-likeness (QED) is 0.453. The van der Waals surface area contributed by atoms with Gasteiger partial charge in [0.25, 0.3) is 0 Å². The molecule has 0 spiro atoms. The molecule has 3 aromatic rings. The van der Waals surface area contributed by atoms with Crippen molar-refractivity contribution in [1.82, 2.24) is 20.2 Å². The van der Waals surface area contributed by atoms with Crippen LogP contribution in [0.15, 0.2) is 53.7 Å². The molecule has 9 heteroatoms. The first kappa shape index (κ1) is 18.4. The molecule has 2 aromatic carbocycles. The van der Waals surface area contributed by atoms with E-state index in [4.69, 9.17) is 4.18 Å². The zero-order valence-corrected chi connectivity index (χ0v) is 16.0. The standard InChI is InChI=1S/C17H18N4O3S2/c1-13-10-14(2)12-15(11-13)21-17(18-19-20-21)25-8-9-26(22,23)24-16-6-4-3-5-7-16/h3-7,10-12H,8-9H2,1-2H3. The fraction of sp³-hybridized carbons (Fsp3) is 0.235. The molecule has 0 N–H and O–H groups in total. The third kappa shape index (κ3) is 4.83. The summed E-state index contributed by atoms with van der Waals surface area (Å²) >= 11 is 1.27. The first-order chi connectivity index (χ1) is 12.4. The Hall–Kier alpha value is -2.39. The van der Waals surface area contributed by atoms with Gasteiger partial charge in [-0.05, 0) is 59.7 Å². The van der Waals surface area contributed by atoms with Gasteiger partial charge in [0, 0.05) is 5.75 Å². The molecule has 1 aromatic heterocycles. The largest absolute Gasteiger partial charge is 0.382 e. The maximum atomic E-state index is 12.1. The molecule has 0 aliphatic carbocycles. The van der Waals surface area contributed by atoms with E-state index in [0.717, 1.165) is 16.8 Å². The van der Waals surface area contributed by atoms with Gasteiger partial charge in [0.1, 0.15) is 5.75 Å². The second-order valence-electron chi connectivity index (χ2n) is 5.73. The van der Waals surface area contributed by atoms with Crippen LogP contribution in [0.25, 0.3) is 5.69 Å². The Balaban J connectivity index is 1.65. The van der Waals surface area contributed by atoms with Crippen molar-refractivity contribution < 1.29 is 12.6 Å². The number of nitrogens with zero attached hydrogens (tertiary/aromatic N) is 4. The fourth-order valence-electron chi connectivity index (χ4n) is 2.40. The van der Waals surface area contributed by atoms with Crippen molar-refractivity contribution in [3.63, 3.8) is 0 Å². The highest BCUT2D eigenvalue weighted by atomic mass is 32.2. The summed E-state index contributed by atoms with van der Waals surface area (Å²) in [4.78, 5) is 0. The molecule has 0 saturated heterocycles. The second-order valence-corrected chi connectivity index (χ2v) is 8.48. The van der Waals surface area contributed by atoms with Crippen LogP contribution in [0.4, 0.5) is 0 Å². The Morgan fingerprint density at radius 2 is 1.77 bits per heavy atom. The van der Waals surface area contributed by atoms with E-state index in [2.05, 4.69) is 21.6 Å². The predicted molar refractivity (Wildman–Crippen MR) is 100 cm³/mol. The van der Waals surface area contributed by atoms with Crippen LogP contribution in [-0.4, -0.2) is 40.1 Å². The fourth-order valence-corrected chi connectivity index (χ4v) is 4.58. The number of benzene rings is 2. The lowest BCUT2D eigenvalue weighted by atomic mass is 10.1. The Morgan fingerprint density at radius 3 is 2.46 bits per heavy atom. The molecule has 0 fully saturated rings. The molecule has 0 amide bonds. The van der Waals surface area contributed by atoms with Crippen molar-refractivity contribution in [3.8, 4) is 11.4 Å². The van der Waals surface area contributed by atoms with E-state index in [1.807, 2.05) is 26.0 Å². The molecule has 7 nitrogen and oxygen atoms in total. The van der Waals surface area contributed by atoms with Crippen LogP contribution in [0.5, 0.6) is 5.75 Å². The van der Waals surface area contributed by atoms with Gasteiger partial charge in [-0.3, -0.25) is 0 Å². The van der Waals surface area contributed by atoms with Crippen LogP contribution in [-0.2, 0) is 10.1 Å². The topological polar surface area (TPSA) is 87.0 Å². The molecule has 0 radical (unpaired) electrons. The van der Waals surface area contributed by atoms with Crippen LogP contribution in [0.3, 0.4) is 0 Å². The molecular formula is C17H18N4O3S2. The van der Waals surface area contributed by atoms with E-state index in [-0.39, 0.29) is 11.5 Å². The Morgan fingerprint density at radius 1 is 1.08 bits per heavy atom. The number of rotatable bonds is 7. The van der Waals surface area contributed by atoms with Gasteiger partial charge in [0.15, 0.2) is 0 Å². The number of aryl methyl sites for hydroxylation is 2. The molecule has 0 unspecified atom stereocenters. The minimum Gasteiger partial charge on any atom is -0.382 e. The summed E-state index contributed by atoms with van der Waals surface area (Å²) < 4.78 is 30.8. The van der Waals surface area contributed by atoms with Gasteiger partial charge in [0.2, 0.25) is 5.16 Å². The Bertz CT molecular complexity index is 968. The minimum absolute atomic E-state index is 0.147. The summed E-state index contributed by atoms with van der Waals surface area (Å²) in [5.41, 5.74) is 3.05. The number of hydrogen-bond donors (Lipinski definition) is 0. The van der Waals surface area contributed by atoms with E-state index < -0.39 is 10.1 Å². The minimum atomic E-state index is -3.68. The lowest BCUT2D eigenvalue weighted by molar-refractivity contribution is 0.488. The van der Waals surface area contributed by atoms with Crippen LogP contribution in [0, 0.1) is 13.8 Å². The van der Waals surface area contributed by atoms with Crippen molar-refractivity contribution >= 4 is 21.9 Å². The maximum absolute atomic E-state index is 12.1. The van der Waals surface area contributed by atoms with Crippen LogP contribution < -0.4 is 4.18 Å². The summed E-state index contributed by atoms with van der Waals surface area (Å²) in [6.07, 6.45) is 0. The van der Waals surface area contributed by atoms with Gasteiger partial charge in [-0.25, -0.2) is 0 Å². The monoisotopic (exact) mass is 390 g/mol. The molecule has 0 saturated carbocycles. The second kappa shape index (κ2) is 7.88. The molecule has 0 atom stereocenters. The molecule has 0 bridgehead atoms. The molecule has 26 heavy (non-hydrogen) atoms. The predicted octanol–water partition coefficient (Wildman–Crippen LogP) is 2.78. The van der Waals surface area contributed by atoms with Gasteiger partial charge >= 0.3 is 10.1 Å². The van der Waals surface area contributed by atoms with Crippen LogP contribution in [0.1, 0.15) is 11.1 Å². The Labute approximate surface area is 156 Å². The molecule has 3 rings (SSSR count). The van der Waals surface area contributed by atoms with Crippen molar-refractivity contribution in [1.29, 1.82) is 0 Å². The lowest BCUT2D eigenvalue weighted by Gasteiger charge is -2.08.